The van der Waals surface area contributed by atoms with Gasteiger partial charge in [0.05, 0.1) is 14.2 Å². The fraction of sp³-hybridized carbons (Fsp3) is 0.333. The number of hydrogen-bond donors (Lipinski definition) is 1. The number of nitrogens with one attached hydrogen (secondary N) is 1. The molecule has 2 amide bonds. The minimum Gasteiger partial charge on any atom is -0.493 e. The summed E-state index contributed by atoms with van der Waals surface area (Å²) in [5.41, 5.74) is 2.51. The highest BCUT2D eigenvalue weighted by atomic mass is 16.5. The highest BCUT2D eigenvalue weighted by molar-refractivity contribution is 5.93. The molecule has 0 heterocycles. The summed E-state index contributed by atoms with van der Waals surface area (Å²) in [4.78, 5) is 25.7. The quantitative estimate of drug-likeness (QED) is 0.776. The molecule has 0 aliphatic heterocycles. The number of ether oxygens (including phenoxy) is 2. The summed E-state index contributed by atoms with van der Waals surface area (Å²) < 4.78 is 10.7. The van der Waals surface area contributed by atoms with Gasteiger partial charge < -0.3 is 19.7 Å². The molecule has 2 rings (SSSR count). The highest BCUT2D eigenvalue weighted by Crippen LogP contribution is 2.31. The van der Waals surface area contributed by atoms with Gasteiger partial charge in [-0.3, -0.25) is 9.59 Å². The van der Waals surface area contributed by atoms with Crippen molar-refractivity contribution < 1.29 is 19.1 Å². The normalized spacial score (nSPS) is 10.2. The molecule has 0 fully saturated rings. The molecule has 2 aromatic carbocycles. The summed E-state index contributed by atoms with van der Waals surface area (Å²) >= 11 is 0. The molecule has 1 N–H and O–H groups in total. The van der Waals surface area contributed by atoms with E-state index >= 15 is 0 Å². The molecule has 0 unspecified atom stereocenters. The average Bonchev–Trinajstić information content (AvgIpc) is 2.71. The van der Waals surface area contributed by atoms with Crippen LogP contribution in [-0.2, 0) is 17.8 Å². The molecular formula is C21H26N2O4. The SMILES string of the molecule is CNC(=O)c1ccc(CN(C)C(=O)CCc2cccc(OC)c2OC)cc1. The van der Waals surface area contributed by atoms with Crippen LogP contribution in [0.15, 0.2) is 42.5 Å². The third-order valence-electron chi connectivity index (χ3n) is 4.38. The lowest BCUT2D eigenvalue weighted by atomic mass is 10.1. The van der Waals surface area contributed by atoms with Gasteiger partial charge in [0, 0.05) is 32.6 Å². The summed E-state index contributed by atoms with van der Waals surface area (Å²) in [5.74, 6) is 1.24. The predicted octanol–water partition coefficient (Wildman–Crippen LogP) is 2.65. The molecule has 0 aliphatic carbocycles. The molecule has 0 aliphatic rings. The van der Waals surface area contributed by atoms with Gasteiger partial charge in [0.1, 0.15) is 0 Å². The van der Waals surface area contributed by atoms with E-state index in [1.807, 2.05) is 30.3 Å². The molecule has 0 saturated heterocycles. The Kier molecular flexibility index (Phi) is 7.23. The molecule has 6 nitrogen and oxygen atoms in total. The van der Waals surface area contributed by atoms with Gasteiger partial charge in [-0.1, -0.05) is 24.3 Å². The van der Waals surface area contributed by atoms with Gasteiger partial charge in [-0.2, -0.15) is 0 Å². The summed E-state index contributed by atoms with van der Waals surface area (Å²) in [7, 11) is 6.56. The van der Waals surface area contributed by atoms with Crippen molar-refractivity contribution >= 4 is 11.8 Å². The Morgan fingerprint density at radius 1 is 1.04 bits per heavy atom. The standard InChI is InChI=1S/C21H26N2O4/c1-22-21(25)17-10-8-15(9-11-17)14-23(2)19(24)13-12-16-6-5-7-18(26-3)20(16)27-4/h5-11H,12-14H2,1-4H3,(H,22,25). The lowest BCUT2D eigenvalue weighted by molar-refractivity contribution is -0.130. The molecule has 0 spiro atoms. The molecule has 144 valence electrons. The van der Waals surface area contributed by atoms with Crippen molar-refractivity contribution in [2.75, 3.05) is 28.3 Å². The first-order chi connectivity index (χ1) is 13.0. The van der Waals surface area contributed by atoms with E-state index < -0.39 is 0 Å². The van der Waals surface area contributed by atoms with E-state index in [0.717, 1.165) is 11.1 Å². The number of benzene rings is 2. The Hall–Kier alpha value is -3.02. The third-order valence-corrected chi connectivity index (χ3v) is 4.38. The third kappa shape index (κ3) is 5.23. The Balaban J connectivity index is 1.95. The molecule has 27 heavy (non-hydrogen) atoms. The number of para-hydroxylation sites is 1. The maximum absolute atomic E-state index is 12.5. The van der Waals surface area contributed by atoms with E-state index in [1.54, 1.807) is 45.3 Å². The zero-order valence-corrected chi connectivity index (χ0v) is 16.2. The highest BCUT2D eigenvalue weighted by Gasteiger charge is 2.14. The first-order valence-corrected chi connectivity index (χ1v) is 8.75. The largest absolute Gasteiger partial charge is 0.493 e. The molecule has 0 aromatic heterocycles. The molecule has 0 atom stereocenters. The second-order valence-corrected chi connectivity index (χ2v) is 6.18. The molecule has 0 bridgehead atoms. The number of amides is 2. The second kappa shape index (κ2) is 9.62. The van der Waals surface area contributed by atoms with Crippen LogP contribution in [-0.4, -0.2) is 45.0 Å². The lowest BCUT2D eigenvalue weighted by Crippen LogP contribution is -2.26. The molecular weight excluding hydrogens is 344 g/mol. The summed E-state index contributed by atoms with van der Waals surface area (Å²) in [5, 5.41) is 2.59. The number of hydrogen-bond acceptors (Lipinski definition) is 4. The molecule has 2 aromatic rings. The van der Waals surface area contributed by atoms with E-state index in [1.165, 1.54) is 0 Å². The number of carbonyl (C=O) groups is 2. The Morgan fingerprint density at radius 2 is 1.74 bits per heavy atom. The van der Waals surface area contributed by atoms with E-state index in [-0.39, 0.29) is 11.8 Å². The van der Waals surface area contributed by atoms with Crippen LogP contribution >= 0.6 is 0 Å². The van der Waals surface area contributed by atoms with Crippen molar-refractivity contribution in [3.63, 3.8) is 0 Å². The van der Waals surface area contributed by atoms with Gasteiger partial charge >= 0.3 is 0 Å². The maximum Gasteiger partial charge on any atom is 0.251 e. The number of carbonyl (C=O) groups excluding carboxylic acids is 2. The van der Waals surface area contributed by atoms with E-state index in [2.05, 4.69) is 5.32 Å². The predicted molar refractivity (Wildman–Crippen MR) is 104 cm³/mol. The van der Waals surface area contributed by atoms with E-state index in [9.17, 15) is 9.59 Å². The van der Waals surface area contributed by atoms with E-state index in [0.29, 0.717) is 36.4 Å². The zero-order chi connectivity index (χ0) is 19.8. The lowest BCUT2D eigenvalue weighted by Gasteiger charge is -2.18. The van der Waals surface area contributed by atoms with Crippen LogP contribution in [0.2, 0.25) is 0 Å². The summed E-state index contributed by atoms with van der Waals surface area (Å²) in [6, 6.07) is 12.9. The number of methoxy groups -OCH3 is 2. The topological polar surface area (TPSA) is 67.9 Å². The minimum absolute atomic E-state index is 0.0373. The van der Waals surface area contributed by atoms with Crippen LogP contribution < -0.4 is 14.8 Å². The second-order valence-electron chi connectivity index (χ2n) is 6.18. The van der Waals surface area contributed by atoms with Gasteiger partial charge in [0.15, 0.2) is 11.5 Å². The van der Waals surface area contributed by atoms with E-state index in [4.69, 9.17) is 9.47 Å². The zero-order valence-electron chi connectivity index (χ0n) is 16.2. The Bertz CT molecular complexity index is 787. The van der Waals surface area contributed by atoms with Crippen LogP contribution in [0, 0.1) is 0 Å². The number of aryl methyl sites for hydroxylation is 1. The smallest absolute Gasteiger partial charge is 0.251 e. The number of rotatable bonds is 8. The van der Waals surface area contributed by atoms with Crippen molar-refractivity contribution in [1.82, 2.24) is 10.2 Å². The fourth-order valence-electron chi connectivity index (χ4n) is 2.85. The Morgan fingerprint density at radius 3 is 2.33 bits per heavy atom. The summed E-state index contributed by atoms with van der Waals surface area (Å²) in [6.45, 7) is 0.488. The van der Waals surface area contributed by atoms with Crippen molar-refractivity contribution in [1.29, 1.82) is 0 Å². The molecule has 0 radical (unpaired) electrons. The van der Waals surface area contributed by atoms with Gasteiger partial charge in [0.25, 0.3) is 5.91 Å². The first-order valence-electron chi connectivity index (χ1n) is 8.75. The fourth-order valence-corrected chi connectivity index (χ4v) is 2.85. The van der Waals surface area contributed by atoms with Crippen molar-refractivity contribution in [2.24, 2.45) is 0 Å². The van der Waals surface area contributed by atoms with Crippen LogP contribution in [0.1, 0.15) is 27.9 Å². The summed E-state index contributed by atoms with van der Waals surface area (Å²) in [6.07, 6.45) is 0.940. The van der Waals surface area contributed by atoms with Gasteiger partial charge in [-0.15, -0.1) is 0 Å². The molecule has 6 heteroatoms. The van der Waals surface area contributed by atoms with Crippen LogP contribution in [0.3, 0.4) is 0 Å². The van der Waals surface area contributed by atoms with Crippen molar-refractivity contribution in [3.8, 4) is 11.5 Å². The first kappa shape index (κ1) is 20.3. The minimum atomic E-state index is -0.127. The monoisotopic (exact) mass is 370 g/mol. The van der Waals surface area contributed by atoms with Gasteiger partial charge in [-0.05, 0) is 35.7 Å². The van der Waals surface area contributed by atoms with Crippen LogP contribution in [0.25, 0.3) is 0 Å². The van der Waals surface area contributed by atoms with Crippen molar-refractivity contribution in [3.05, 3.63) is 59.2 Å². The Labute approximate surface area is 160 Å². The number of nitrogens with zero attached hydrogens (tertiary/aromatic N) is 1. The maximum atomic E-state index is 12.5. The average molecular weight is 370 g/mol. The van der Waals surface area contributed by atoms with Gasteiger partial charge in [0.2, 0.25) is 5.91 Å². The van der Waals surface area contributed by atoms with Gasteiger partial charge in [-0.25, -0.2) is 0 Å². The van der Waals surface area contributed by atoms with Crippen LogP contribution in [0.4, 0.5) is 0 Å². The van der Waals surface area contributed by atoms with Crippen LogP contribution in [0.5, 0.6) is 11.5 Å². The van der Waals surface area contributed by atoms with Crippen molar-refractivity contribution in [2.45, 2.75) is 19.4 Å². The molecule has 0 saturated carbocycles.